The molecule has 0 saturated carbocycles. The fourth-order valence-corrected chi connectivity index (χ4v) is 2.75. The predicted octanol–water partition coefficient (Wildman–Crippen LogP) is 2.50. The quantitative estimate of drug-likeness (QED) is 0.828. The lowest BCUT2D eigenvalue weighted by Crippen LogP contribution is -2.46. The first kappa shape index (κ1) is 14.2. The summed E-state index contributed by atoms with van der Waals surface area (Å²) < 4.78 is 0. The maximum absolute atomic E-state index is 11.9. The molecule has 1 aliphatic rings. The highest BCUT2D eigenvalue weighted by Crippen LogP contribution is 2.20. The SMILES string of the molecule is CC1(O)CCCN(CCCC(=O)c2ccccc2)C1. The van der Waals surface area contributed by atoms with E-state index in [1.165, 1.54) is 0 Å². The summed E-state index contributed by atoms with van der Waals surface area (Å²) in [5.74, 6) is 0.212. The lowest BCUT2D eigenvalue weighted by molar-refractivity contribution is -0.0156. The van der Waals surface area contributed by atoms with Crippen molar-refractivity contribution in [2.24, 2.45) is 0 Å². The Balaban J connectivity index is 1.73. The Bertz CT molecular complexity index is 414. The van der Waals surface area contributed by atoms with E-state index < -0.39 is 5.60 Å². The minimum absolute atomic E-state index is 0.212. The zero-order valence-corrected chi connectivity index (χ0v) is 11.6. The van der Waals surface area contributed by atoms with Crippen LogP contribution in [0.15, 0.2) is 30.3 Å². The number of carbonyl (C=O) groups is 1. The smallest absolute Gasteiger partial charge is 0.162 e. The second-order valence-corrected chi connectivity index (χ2v) is 5.77. The van der Waals surface area contributed by atoms with Crippen molar-refractivity contribution < 1.29 is 9.90 Å². The van der Waals surface area contributed by atoms with Crippen molar-refractivity contribution in [1.29, 1.82) is 0 Å². The summed E-state index contributed by atoms with van der Waals surface area (Å²) in [7, 11) is 0. The number of piperidine rings is 1. The van der Waals surface area contributed by atoms with Crippen molar-refractivity contribution >= 4 is 5.78 Å². The van der Waals surface area contributed by atoms with Crippen LogP contribution in [-0.4, -0.2) is 41.0 Å². The fraction of sp³-hybridized carbons (Fsp3) is 0.562. The van der Waals surface area contributed by atoms with E-state index in [0.29, 0.717) is 6.42 Å². The van der Waals surface area contributed by atoms with Crippen LogP contribution in [0.25, 0.3) is 0 Å². The first-order chi connectivity index (χ1) is 9.07. The van der Waals surface area contributed by atoms with Crippen molar-refractivity contribution in [3.8, 4) is 0 Å². The molecular weight excluding hydrogens is 238 g/mol. The number of rotatable bonds is 5. The van der Waals surface area contributed by atoms with Crippen molar-refractivity contribution in [3.63, 3.8) is 0 Å². The van der Waals surface area contributed by atoms with Gasteiger partial charge in [0.25, 0.3) is 0 Å². The molecule has 1 atom stereocenters. The number of carbonyl (C=O) groups excluding carboxylic acids is 1. The summed E-state index contributed by atoms with van der Waals surface area (Å²) in [6, 6.07) is 9.46. The number of likely N-dealkylation sites (tertiary alicyclic amines) is 1. The van der Waals surface area contributed by atoms with E-state index in [-0.39, 0.29) is 5.78 Å². The summed E-state index contributed by atoms with van der Waals surface area (Å²) in [5, 5.41) is 10.0. The standard InChI is InChI=1S/C16H23NO2/c1-16(19)10-6-12-17(13-16)11-5-9-15(18)14-7-3-2-4-8-14/h2-4,7-8,19H,5-6,9-13H2,1H3. The first-order valence-corrected chi connectivity index (χ1v) is 7.10. The van der Waals surface area contributed by atoms with Gasteiger partial charge in [0.15, 0.2) is 5.78 Å². The van der Waals surface area contributed by atoms with E-state index in [4.69, 9.17) is 0 Å². The molecule has 19 heavy (non-hydrogen) atoms. The molecule has 0 aliphatic carbocycles. The first-order valence-electron chi connectivity index (χ1n) is 7.10. The highest BCUT2D eigenvalue weighted by molar-refractivity contribution is 5.95. The third-order valence-electron chi connectivity index (χ3n) is 3.73. The van der Waals surface area contributed by atoms with Crippen LogP contribution in [0.3, 0.4) is 0 Å². The molecule has 1 aromatic carbocycles. The minimum atomic E-state index is -0.554. The second kappa shape index (κ2) is 6.31. The Morgan fingerprint density at radius 2 is 2.11 bits per heavy atom. The molecule has 1 heterocycles. The van der Waals surface area contributed by atoms with Gasteiger partial charge in [0.05, 0.1) is 5.60 Å². The van der Waals surface area contributed by atoms with Crippen LogP contribution < -0.4 is 0 Å². The van der Waals surface area contributed by atoms with Crippen LogP contribution in [-0.2, 0) is 0 Å². The largest absolute Gasteiger partial charge is 0.389 e. The van der Waals surface area contributed by atoms with Gasteiger partial charge >= 0.3 is 0 Å². The predicted molar refractivity (Wildman–Crippen MR) is 76.3 cm³/mol. The number of Topliss-reactive ketones (excluding diaryl/α,β-unsaturated/α-hetero) is 1. The van der Waals surface area contributed by atoms with E-state index in [0.717, 1.165) is 44.5 Å². The topological polar surface area (TPSA) is 40.5 Å². The van der Waals surface area contributed by atoms with E-state index in [2.05, 4.69) is 4.90 Å². The van der Waals surface area contributed by atoms with Gasteiger partial charge in [0, 0.05) is 18.5 Å². The molecule has 1 N–H and O–H groups in total. The summed E-state index contributed by atoms with van der Waals surface area (Å²) in [4.78, 5) is 14.2. The zero-order valence-electron chi connectivity index (χ0n) is 11.6. The lowest BCUT2D eigenvalue weighted by atomic mass is 9.95. The summed E-state index contributed by atoms with van der Waals surface area (Å²) >= 11 is 0. The van der Waals surface area contributed by atoms with Crippen LogP contribution in [0.1, 0.15) is 43.0 Å². The third kappa shape index (κ3) is 4.44. The van der Waals surface area contributed by atoms with Crippen molar-refractivity contribution in [1.82, 2.24) is 4.90 Å². The Hall–Kier alpha value is -1.19. The average Bonchev–Trinajstić information content (AvgIpc) is 2.38. The number of β-amino-alcohol motifs (C(OH)–C–C–N with tert-alkyl or cyclic N) is 1. The van der Waals surface area contributed by atoms with Crippen molar-refractivity contribution in [2.75, 3.05) is 19.6 Å². The molecule has 0 aromatic heterocycles. The summed E-state index contributed by atoms with van der Waals surface area (Å²) in [6.45, 7) is 4.56. The number of hydrogen-bond acceptors (Lipinski definition) is 3. The maximum atomic E-state index is 11.9. The Labute approximate surface area is 115 Å². The van der Waals surface area contributed by atoms with E-state index in [1.54, 1.807) is 0 Å². The molecule has 104 valence electrons. The lowest BCUT2D eigenvalue weighted by Gasteiger charge is -2.36. The molecule has 3 heteroatoms. The van der Waals surface area contributed by atoms with Gasteiger partial charge in [0.1, 0.15) is 0 Å². The summed E-state index contributed by atoms with van der Waals surface area (Å²) in [5.41, 5.74) is 0.245. The molecule has 3 nitrogen and oxygen atoms in total. The van der Waals surface area contributed by atoms with Gasteiger partial charge in [-0.25, -0.2) is 0 Å². The molecule has 1 aromatic rings. The van der Waals surface area contributed by atoms with E-state index in [1.807, 2.05) is 37.3 Å². The highest BCUT2D eigenvalue weighted by Gasteiger charge is 2.27. The normalized spacial score (nSPS) is 24.3. The Kier molecular flexibility index (Phi) is 4.72. The molecular formula is C16H23NO2. The number of benzene rings is 1. The number of ketones is 1. The summed E-state index contributed by atoms with van der Waals surface area (Å²) in [6.07, 6.45) is 3.37. The van der Waals surface area contributed by atoms with Crippen molar-refractivity contribution in [3.05, 3.63) is 35.9 Å². The number of aliphatic hydroxyl groups is 1. The van der Waals surface area contributed by atoms with Crippen LogP contribution in [0.2, 0.25) is 0 Å². The maximum Gasteiger partial charge on any atom is 0.162 e. The number of hydrogen-bond donors (Lipinski definition) is 1. The molecule has 0 bridgehead atoms. The monoisotopic (exact) mass is 261 g/mol. The van der Waals surface area contributed by atoms with Gasteiger partial charge in [-0.2, -0.15) is 0 Å². The minimum Gasteiger partial charge on any atom is -0.389 e. The Morgan fingerprint density at radius 1 is 1.37 bits per heavy atom. The van der Waals surface area contributed by atoms with Crippen molar-refractivity contribution in [2.45, 2.75) is 38.2 Å². The van der Waals surface area contributed by atoms with Gasteiger partial charge in [-0.05, 0) is 39.3 Å². The van der Waals surface area contributed by atoms with Crippen LogP contribution in [0.4, 0.5) is 0 Å². The zero-order chi connectivity index (χ0) is 13.7. The van der Waals surface area contributed by atoms with Crippen LogP contribution in [0, 0.1) is 0 Å². The van der Waals surface area contributed by atoms with E-state index in [9.17, 15) is 9.90 Å². The van der Waals surface area contributed by atoms with Gasteiger partial charge in [-0.15, -0.1) is 0 Å². The van der Waals surface area contributed by atoms with Gasteiger partial charge < -0.3 is 10.0 Å². The fourth-order valence-electron chi connectivity index (χ4n) is 2.75. The van der Waals surface area contributed by atoms with Gasteiger partial charge in [-0.3, -0.25) is 4.79 Å². The molecule has 1 fully saturated rings. The molecule has 1 saturated heterocycles. The second-order valence-electron chi connectivity index (χ2n) is 5.77. The average molecular weight is 261 g/mol. The third-order valence-corrected chi connectivity index (χ3v) is 3.73. The molecule has 1 unspecified atom stereocenters. The van der Waals surface area contributed by atoms with E-state index >= 15 is 0 Å². The molecule has 0 radical (unpaired) electrons. The van der Waals surface area contributed by atoms with Gasteiger partial charge in [0.2, 0.25) is 0 Å². The molecule has 1 aliphatic heterocycles. The molecule has 2 rings (SSSR count). The van der Waals surface area contributed by atoms with Crippen LogP contribution >= 0.6 is 0 Å². The Morgan fingerprint density at radius 3 is 2.79 bits per heavy atom. The molecule has 0 spiro atoms. The van der Waals surface area contributed by atoms with Gasteiger partial charge in [-0.1, -0.05) is 30.3 Å². The highest BCUT2D eigenvalue weighted by atomic mass is 16.3. The molecule has 0 amide bonds. The van der Waals surface area contributed by atoms with Crippen LogP contribution in [0.5, 0.6) is 0 Å². The number of nitrogens with zero attached hydrogens (tertiary/aromatic N) is 1.